The molecule has 2 aromatic carbocycles. The first-order valence-corrected chi connectivity index (χ1v) is 12.1. The van der Waals surface area contributed by atoms with Crippen molar-refractivity contribution in [2.45, 2.75) is 13.0 Å². The van der Waals surface area contributed by atoms with Gasteiger partial charge in [0.15, 0.2) is 0 Å². The molecule has 0 spiro atoms. The number of benzene rings is 2. The van der Waals surface area contributed by atoms with Crippen LogP contribution in [-0.4, -0.2) is 76.8 Å². The first-order valence-electron chi connectivity index (χ1n) is 12.1. The summed E-state index contributed by atoms with van der Waals surface area (Å²) in [7, 11) is 3.05. The van der Waals surface area contributed by atoms with E-state index in [1.807, 2.05) is 6.92 Å². The number of Topliss-reactive ketones (excluding diaryl/α,β-unsaturated/α-hetero) is 1. The van der Waals surface area contributed by atoms with E-state index in [1.54, 1.807) is 42.5 Å². The molecular formula is C27H32N2O7. The van der Waals surface area contributed by atoms with Gasteiger partial charge in [-0.2, -0.15) is 0 Å². The molecule has 4 rings (SSSR count). The summed E-state index contributed by atoms with van der Waals surface area (Å²) in [4.78, 5) is 29.4. The summed E-state index contributed by atoms with van der Waals surface area (Å²) in [5.41, 5.74) is 0.747. The highest BCUT2D eigenvalue weighted by Crippen LogP contribution is 2.43. The van der Waals surface area contributed by atoms with E-state index in [4.69, 9.17) is 18.9 Å². The van der Waals surface area contributed by atoms with Crippen LogP contribution in [0.1, 0.15) is 24.1 Å². The fraction of sp³-hybridized carbons (Fsp3) is 0.407. The van der Waals surface area contributed by atoms with Crippen molar-refractivity contribution in [3.05, 3.63) is 59.2 Å². The second-order valence-corrected chi connectivity index (χ2v) is 8.65. The van der Waals surface area contributed by atoms with Crippen LogP contribution in [0.25, 0.3) is 5.76 Å². The number of amides is 1. The Morgan fingerprint density at radius 3 is 2.39 bits per heavy atom. The van der Waals surface area contributed by atoms with Gasteiger partial charge in [0.1, 0.15) is 30.3 Å². The van der Waals surface area contributed by atoms with Gasteiger partial charge in [-0.25, -0.2) is 0 Å². The van der Waals surface area contributed by atoms with Gasteiger partial charge in [-0.05, 0) is 42.8 Å². The van der Waals surface area contributed by atoms with Gasteiger partial charge in [0.2, 0.25) is 5.78 Å². The van der Waals surface area contributed by atoms with E-state index in [1.165, 1.54) is 24.0 Å². The first-order chi connectivity index (χ1) is 17.5. The van der Waals surface area contributed by atoms with Crippen molar-refractivity contribution in [3.8, 4) is 17.2 Å². The second kappa shape index (κ2) is 11.5. The average Bonchev–Trinajstić information content (AvgIpc) is 3.17. The summed E-state index contributed by atoms with van der Waals surface area (Å²) >= 11 is 0. The Labute approximate surface area is 210 Å². The number of carbonyl (C=O) groups is 2. The number of morpholine rings is 1. The summed E-state index contributed by atoms with van der Waals surface area (Å²) in [6, 6.07) is 10.8. The third-order valence-corrected chi connectivity index (χ3v) is 6.59. The molecule has 1 atom stereocenters. The number of quaternary nitrogens is 1. The Kier molecular flexibility index (Phi) is 8.12. The monoisotopic (exact) mass is 496 g/mol. The van der Waals surface area contributed by atoms with Gasteiger partial charge in [0, 0.05) is 11.1 Å². The topological polar surface area (TPSA) is 102 Å². The van der Waals surface area contributed by atoms with Crippen LogP contribution in [0.5, 0.6) is 17.2 Å². The van der Waals surface area contributed by atoms with Crippen molar-refractivity contribution in [3.63, 3.8) is 0 Å². The minimum Gasteiger partial charge on any atom is -0.872 e. The average molecular weight is 497 g/mol. The van der Waals surface area contributed by atoms with Crippen molar-refractivity contribution in [1.29, 1.82) is 0 Å². The highest BCUT2D eigenvalue weighted by molar-refractivity contribution is 6.46. The predicted molar refractivity (Wildman–Crippen MR) is 130 cm³/mol. The number of likely N-dealkylation sites (tertiary alicyclic amines) is 1. The zero-order valence-electron chi connectivity index (χ0n) is 20.9. The number of carbonyl (C=O) groups excluding carboxylic acids is 2. The zero-order valence-corrected chi connectivity index (χ0v) is 20.9. The number of nitrogens with one attached hydrogen (secondary N) is 1. The standard InChI is InChI=1S/C27H32N2O7/c1-4-36-19-7-5-18(6-8-19)25(30)23-24(21-17-20(33-2)9-10-22(21)34-3)29(27(32)26(23)31)12-11-28-13-15-35-16-14-28/h5-10,17,24,30H,4,11-16H2,1-3H3/b25-23+. The van der Waals surface area contributed by atoms with Gasteiger partial charge in [0.05, 0.1) is 53.2 Å². The molecule has 9 heteroatoms. The molecule has 1 N–H and O–H groups in total. The predicted octanol–water partition coefficient (Wildman–Crippen LogP) is 0.242. The van der Waals surface area contributed by atoms with E-state index < -0.39 is 23.5 Å². The molecule has 0 aromatic heterocycles. The number of methoxy groups -OCH3 is 2. The van der Waals surface area contributed by atoms with Gasteiger partial charge in [-0.3, -0.25) is 9.59 Å². The van der Waals surface area contributed by atoms with Crippen molar-refractivity contribution < 1.29 is 38.5 Å². The van der Waals surface area contributed by atoms with E-state index in [0.29, 0.717) is 61.3 Å². The maximum Gasteiger partial charge on any atom is 0.295 e. The highest BCUT2D eigenvalue weighted by atomic mass is 16.5. The van der Waals surface area contributed by atoms with Crippen LogP contribution in [0.3, 0.4) is 0 Å². The van der Waals surface area contributed by atoms with Crippen molar-refractivity contribution in [2.75, 3.05) is 60.2 Å². The molecule has 2 saturated heterocycles. The lowest BCUT2D eigenvalue weighted by atomic mass is 9.94. The molecule has 2 heterocycles. The SMILES string of the molecule is CCOc1ccc(/C([O-])=C2\C(=O)C(=O)N(CC[NH+]3CCOCC3)C2c2cc(OC)ccc2OC)cc1. The van der Waals surface area contributed by atoms with Crippen LogP contribution in [0.4, 0.5) is 0 Å². The molecule has 9 nitrogen and oxygen atoms in total. The molecule has 0 saturated carbocycles. The van der Waals surface area contributed by atoms with Crippen LogP contribution in [0.15, 0.2) is 48.0 Å². The van der Waals surface area contributed by atoms with E-state index >= 15 is 0 Å². The highest BCUT2D eigenvalue weighted by Gasteiger charge is 2.45. The quantitative estimate of drug-likeness (QED) is 0.302. The summed E-state index contributed by atoms with van der Waals surface area (Å²) in [6.07, 6.45) is 0. The summed E-state index contributed by atoms with van der Waals surface area (Å²) in [5, 5.41) is 13.7. The third-order valence-electron chi connectivity index (χ3n) is 6.59. The molecule has 0 bridgehead atoms. The Hall–Kier alpha value is -3.56. The molecule has 1 amide bonds. The molecule has 36 heavy (non-hydrogen) atoms. The number of nitrogens with zero attached hydrogens (tertiary/aromatic N) is 1. The molecule has 1 unspecified atom stereocenters. The van der Waals surface area contributed by atoms with E-state index in [-0.39, 0.29) is 5.57 Å². The Balaban J connectivity index is 1.79. The molecule has 2 aliphatic heterocycles. The minimum atomic E-state index is -0.894. The molecule has 2 fully saturated rings. The molecule has 2 aliphatic rings. The third kappa shape index (κ3) is 5.17. The fourth-order valence-electron chi connectivity index (χ4n) is 4.69. The fourth-order valence-corrected chi connectivity index (χ4v) is 4.69. The number of hydrogen-bond acceptors (Lipinski definition) is 7. The van der Waals surface area contributed by atoms with Gasteiger partial charge >= 0.3 is 0 Å². The van der Waals surface area contributed by atoms with Crippen molar-refractivity contribution >= 4 is 17.4 Å². The van der Waals surface area contributed by atoms with Gasteiger partial charge in [0.25, 0.3) is 5.91 Å². The lowest BCUT2D eigenvalue weighted by Crippen LogP contribution is -3.14. The molecule has 2 aromatic rings. The zero-order chi connectivity index (χ0) is 25.7. The van der Waals surface area contributed by atoms with Crippen molar-refractivity contribution in [2.24, 2.45) is 0 Å². The number of rotatable bonds is 9. The van der Waals surface area contributed by atoms with Crippen LogP contribution in [0, 0.1) is 0 Å². The minimum absolute atomic E-state index is 0.0901. The molecule has 192 valence electrons. The maximum absolute atomic E-state index is 13.7. The van der Waals surface area contributed by atoms with Crippen LogP contribution in [-0.2, 0) is 14.3 Å². The van der Waals surface area contributed by atoms with Crippen LogP contribution >= 0.6 is 0 Å². The van der Waals surface area contributed by atoms with E-state index in [0.717, 1.165) is 13.1 Å². The van der Waals surface area contributed by atoms with Gasteiger partial charge < -0.3 is 33.9 Å². The number of ether oxygens (including phenoxy) is 4. The molecule has 0 aliphatic carbocycles. The van der Waals surface area contributed by atoms with E-state index in [9.17, 15) is 14.7 Å². The molecule has 0 radical (unpaired) electrons. The normalized spacial score (nSPS) is 20.0. The van der Waals surface area contributed by atoms with Crippen molar-refractivity contribution in [1.82, 2.24) is 4.90 Å². The van der Waals surface area contributed by atoms with Gasteiger partial charge in [-0.1, -0.05) is 17.9 Å². The van der Waals surface area contributed by atoms with Crippen LogP contribution in [0.2, 0.25) is 0 Å². The Bertz CT molecular complexity index is 1120. The summed E-state index contributed by atoms with van der Waals surface area (Å²) < 4.78 is 21.9. The Morgan fingerprint density at radius 1 is 1.06 bits per heavy atom. The lowest BCUT2D eigenvalue weighted by molar-refractivity contribution is -0.907. The van der Waals surface area contributed by atoms with Gasteiger partial charge in [-0.15, -0.1) is 0 Å². The Morgan fingerprint density at radius 2 is 1.75 bits per heavy atom. The smallest absolute Gasteiger partial charge is 0.295 e. The first kappa shape index (κ1) is 25.5. The van der Waals surface area contributed by atoms with E-state index in [2.05, 4.69) is 0 Å². The number of ketones is 1. The summed E-state index contributed by atoms with van der Waals surface area (Å²) in [5.74, 6) is -0.359. The van der Waals surface area contributed by atoms with Crippen LogP contribution < -0.4 is 24.2 Å². The summed E-state index contributed by atoms with van der Waals surface area (Å²) in [6.45, 7) is 6.27. The maximum atomic E-state index is 13.7. The lowest BCUT2D eigenvalue weighted by Gasteiger charge is -2.30. The molecular weight excluding hydrogens is 464 g/mol. The largest absolute Gasteiger partial charge is 0.872 e. The number of hydrogen-bond donors (Lipinski definition) is 1. The second-order valence-electron chi connectivity index (χ2n) is 8.65.